The summed E-state index contributed by atoms with van der Waals surface area (Å²) in [5.41, 5.74) is 8.83. The Morgan fingerprint density at radius 2 is 1.41 bits per heavy atom. The van der Waals surface area contributed by atoms with Crippen LogP contribution in [0, 0.1) is 11.3 Å². The van der Waals surface area contributed by atoms with E-state index in [9.17, 15) is 10.1 Å². The molecule has 140 valence electrons. The third-order valence-corrected chi connectivity index (χ3v) is 4.87. The van der Waals surface area contributed by atoms with E-state index in [-0.39, 0.29) is 17.2 Å². The fraction of sp³-hybridized carbons (Fsp3) is 0.0400. The van der Waals surface area contributed by atoms with Crippen LogP contribution in [0.2, 0.25) is 0 Å². The number of carbonyl (C=O) groups excluding carboxylic acids is 1. The van der Waals surface area contributed by atoms with Crippen molar-refractivity contribution in [3.05, 3.63) is 125 Å². The van der Waals surface area contributed by atoms with Gasteiger partial charge in [-0.2, -0.15) is 5.26 Å². The third-order valence-electron chi connectivity index (χ3n) is 4.87. The lowest BCUT2D eigenvalue weighted by Crippen LogP contribution is -2.24. The average Bonchev–Trinajstić information content (AvgIpc) is 2.79. The Morgan fingerprint density at radius 1 is 0.862 bits per heavy atom. The Balaban J connectivity index is 2.00. The van der Waals surface area contributed by atoms with E-state index in [0.29, 0.717) is 16.9 Å². The summed E-state index contributed by atoms with van der Waals surface area (Å²) >= 11 is 0. The molecule has 0 spiro atoms. The molecule has 0 aromatic heterocycles. The maximum absolute atomic E-state index is 13.6. The number of nitrogens with two attached hydrogens (primary N) is 1. The number of nitriles is 1. The van der Waals surface area contributed by atoms with Crippen LogP contribution < -0.4 is 5.73 Å². The van der Waals surface area contributed by atoms with Crippen LogP contribution in [0.3, 0.4) is 0 Å². The van der Waals surface area contributed by atoms with Crippen molar-refractivity contribution in [1.82, 2.24) is 0 Å². The van der Waals surface area contributed by atoms with Gasteiger partial charge in [0.1, 0.15) is 17.4 Å². The van der Waals surface area contributed by atoms with Crippen molar-refractivity contribution in [2.45, 2.75) is 5.92 Å². The maximum atomic E-state index is 13.6. The SMILES string of the molecule is N#CC1=C(N)OC(c2ccccc2)=C(C(=O)c2ccccc2)[C@@H]1c1ccccc1. The molecule has 0 saturated heterocycles. The standard InChI is InChI=1S/C25H18N2O2/c26-16-20-21(17-10-4-1-5-11-17)22(23(28)18-12-6-2-7-13-18)24(29-25(20)27)19-14-8-3-9-15-19/h1-15,21H,27H2/t21-/m1/s1. The molecule has 1 atom stereocenters. The molecule has 3 aromatic rings. The second-order valence-electron chi connectivity index (χ2n) is 6.64. The molecule has 1 heterocycles. The largest absolute Gasteiger partial charge is 0.439 e. The van der Waals surface area contributed by atoms with E-state index < -0.39 is 5.92 Å². The summed E-state index contributed by atoms with van der Waals surface area (Å²) < 4.78 is 5.88. The van der Waals surface area contributed by atoms with Gasteiger partial charge in [-0.3, -0.25) is 4.79 Å². The van der Waals surface area contributed by atoms with E-state index in [2.05, 4.69) is 6.07 Å². The molecule has 0 aliphatic carbocycles. The number of nitrogens with zero attached hydrogens (tertiary/aromatic N) is 1. The predicted octanol–water partition coefficient (Wildman–Crippen LogP) is 4.79. The van der Waals surface area contributed by atoms with E-state index in [1.54, 1.807) is 12.1 Å². The smallest absolute Gasteiger partial charge is 0.205 e. The van der Waals surface area contributed by atoms with Crippen molar-refractivity contribution < 1.29 is 9.53 Å². The number of hydrogen-bond donors (Lipinski definition) is 1. The van der Waals surface area contributed by atoms with Crippen LogP contribution in [0.15, 0.2) is 108 Å². The van der Waals surface area contributed by atoms with Crippen LogP contribution in [0.4, 0.5) is 0 Å². The lowest BCUT2D eigenvalue weighted by Gasteiger charge is -2.29. The highest BCUT2D eigenvalue weighted by Crippen LogP contribution is 2.43. The van der Waals surface area contributed by atoms with Crippen LogP contribution in [0.5, 0.6) is 0 Å². The Bertz CT molecular complexity index is 1140. The van der Waals surface area contributed by atoms with Gasteiger partial charge >= 0.3 is 0 Å². The molecule has 29 heavy (non-hydrogen) atoms. The summed E-state index contributed by atoms with van der Waals surface area (Å²) in [7, 11) is 0. The third kappa shape index (κ3) is 3.42. The predicted molar refractivity (Wildman–Crippen MR) is 111 cm³/mol. The van der Waals surface area contributed by atoms with Crippen LogP contribution in [0.1, 0.15) is 27.4 Å². The minimum absolute atomic E-state index is 0.0183. The van der Waals surface area contributed by atoms with Crippen molar-refractivity contribution in [2.75, 3.05) is 0 Å². The first-order valence-corrected chi connectivity index (χ1v) is 9.22. The first-order chi connectivity index (χ1) is 14.2. The Morgan fingerprint density at radius 3 is 2.00 bits per heavy atom. The van der Waals surface area contributed by atoms with Crippen molar-refractivity contribution in [3.8, 4) is 6.07 Å². The molecule has 4 rings (SSSR count). The van der Waals surface area contributed by atoms with Gasteiger partial charge in [0.25, 0.3) is 0 Å². The van der Waals surface area contributed by atoms with Gasteiger partial charge in [0.2, 0.25) is 5.88 Å². The highest BCUT2D eigenvalue weighted by atomic mass is 16.5. The van der Waals surface area contributed by atoms with Gasteiger partial charge in [0.15, 0.2) is 5.78 Å². The molecule has 3 aromatic carbocycles. The summed E-state index contributed by atoms with van der Waals surface area (Å²) in [6.45, 7) is 0. The quantitative estimate of drug-likeness (QED) is 0.662. The van der Waals surface area contributed by atoms with Crippen molar-refractivity contribution in [1.29, 1.82) is 5.26 Å². The van der Waals surface area contributed by atoms with Crippen molar-refractivity contribution >= 4 is 11.5 Å². The normalized spacial score (nSPS) is 16.2. The second-order valence-corrected chi connectivity index (χ2v) is 6.64. The first-order valence-electron chi connectivity index (χ1n) is 9.22. The topological polar surface area (TPSA) is 76.1 Å². The van der Waals surface area contributed by atoms with Crippen LogP contribution in [-0.4, -0.2) is 5.78 Å². The summed E-state index contributed by atoms with van der Waals surface area (Å²) in [5.74, 6) is -0.411. The monoisotopic (exact) mass is 378 g/mol. The minimum atomic E-state index is -0.613. The van der Waals surface area contributed by atoms with E-state index in [4.69, 9.17) is 10.5 Å². The summed E-state index contributed by atoms with van der Waals surface area (Å²) in [4.78, 5) is 13.6. The second kappa shape index (κ2) is 7.87. The molecule has 0 amide bonds. The molecule has 0 saturated carbocycles. The van der Waals surface area contributed by atoms with Gasteiger partial charge in [-0.25, -0.2) is 0 Å². The number of allylic oxidation sites excluding steroid dienone is 2. The number of hydrogen-bond acceptors (Lipinski definition) is 4. The van der Waals surface area contributed by atoms with Gasteiger partial charge in [-0.1, -0.05) is 91.0 Å². The fourth-order valence-electron chi connectivity index (χ4n) is 3.52. The highest BCUT2D eigenvalue weighted by Gasteiger charge is 2.37. The zero-order chi connectivity index (χ0) is 20.2. The number of carbonyl (C=O) groups is 1. The van der Waals surface area contributed by atoms with Gasteiger partial charge < -0.3 is 10.5 Å². The Labute approximate surface area is 169 Å². The summed E-state index contributed by atoms with van der Waals surface area (Å²) in [6, 6.07) is 29.9. The minimum Gasteiger partial charge on any atom is -0.439 e. The number of Topliss-reactive ketones (excluding diaryl/α,β-unsaturated/α-hetero) is 1. The zero-order valence-corrected chi connectivity index (χ0v) is 15.6. The van der Waals surface area contributed by atoms with Crippen LogP contribution in [0.25, 0.3) is 5.76 Å². The average molecular weight is 378 g/mol. The molecule has 0 unspecified atom stereocenters. The van der Waals surface area contributed by atoms with E-state index in [1.807, 2.05) is 78.9 Å². The summed E-state index contributed by atoms with van der Waals surface area (Å²) in [6.07, 6.45) is 0. The molecule has 4 nitrogen and oxygen atoms in total. The molecular formula is C25H18N2O2. The van der Waals surface area contributed by atoms with E-state index in [0.717, 1.165) is 11.1 Å². The lowest BCUT2D eigenvalue weighted by atomic mass is 9.79. The fourth-order valence-corrected chi connectivity index (χ4v) is 3.52. The first kappa shape index (κ1) is 18.3. The molecule has 0 radical (unpaired) electrons. The molecule has 4 heteroatoms. The molecule has 2 N–H and O–H groups in total. The number of benzene rings is 3. The molecule has 1 aliphatic rings. The maximum Gasteiger partial charge on any atom is 0.205 e. The van der Waals surface area contributed by atoms with Gasteiger partial charge in [0, 0.05) is 11.1 Å². The number of rotatable bonds is 4. The molecule has 0 fully saturated rings. The molecule has 1 aliphatic heterocycles. The lowest BCUT2D eigenvalue weighted by molar-refractivity contribution is 0.102. The zero-order valence-electron chi connectivity index (χ0n) is 15.6. The highest BCUT2D eigenvalue weighted by molar-refractivity contribution is 6.14. The van der Waals surface area contributed by atoms with Gasteiger partial charge in [0.05, 0.1) is 11.5 Å². The van der Waals surface area contributed by atoms with Crippen LogP contribution in [-0.2, 0) is 4.74 Å². The number of ether oxygens (including phenoxy) is 1. The number of ketones is 1. The Hall–Kier alpha value is -4.10. The van der Waals surface area contributed by atoms with E-state index in [1.165, 1.54) is 0 Å². The van der Waals surface area contributed by atoms with Crippen LogP contribution >= 0.6 is 0 Å². The van der Waals surface area contributed by atoms with Gasteiger partial charge in [-0.15, -0.1) is 0 Å². The molecular weight excluding hydrogens is 360 g/mol. The van der Waals surface area contributed by atoms with Crippen molar-refractivity contribution in [2.24, 2.45) is 5.73 Å². The van der Waals surface area contributed by atoms with E-state index >= 15 is 0 Å². The van der Waals surface area contributed by atoms with Gasteiger partial charge in [-0.05, 0) is 5.56 Å². The summed E-state index contributed by atoms with van der Waals surface area (Å²) in [5, 5.41) is 9.82. The Kier molecular flexibility index (Phi) is 4.96. The molecule has 0 bridgehead atoms. The van der Waals surface area contributed by atoms with Crippen molar-refractivity contribution in [3.63, 3.8) is 0 Å².